The van der Waals surface area contributed by atoms with Gasteiger partial charge in [-0.05, 0) is 23.4 Å². The minimum Gasteiger partial charge on any atom is -0.271 e. The predicted octanol–water partition coefficient (Wildman–Crippen LogP) is 3.32. The molecule has 1 aromatic carbocycles. The van der Waals surface area contributed by atoms with Gasteiger partial charge in [-0.1, -0.05) is 44.4 Å². The number of nitrogens with two attached hydrogens (primary N) is 1. The highest BCUT2D eigenvalue weighted by atomic mass is 15.2. The molecule has 1 heterocycles. The summed E-state index contributed by atoms with van der Waals surface area (Å²) in [6.07, 6.45) is 8.50. The molecule has 0 amide bonds. The summed E-state index contributed by atoms with van der Waals surface area (Å²) in [7, 11) is 0. The Kier molecular flexibility index (Phi) is 4.67. The second kappa shape index (κ2) is 6.47. The Hall–Kier alpha value is -1.45. The monoisotopic (exact) mass is 243 g/mol. The first-order chi connectivity index (χ1) is 8.86. The summed E-state index contributed by atoms with van der Waals surface area (Å²) in [5.41, 5.74) is 4.19. The number of hydrazine groups is 1. The van der Waals surface area contributed by atoms with Crippen LogP contribution in [0.4, 0.5) is 0 Å². The minimum absolute atomic E-state index is 0.212. The van der Waals surface area contributed by atoms with Crippen LogP contribution in [0.15, 0.2) is 36.7 Å². The predicted molar refractivity (Wildman–Crippen MR) is 75.9 cm³/mol. The third kappa shape index (κ3) is 2.86. The van der Waals surface area contributed by atoms with Gasteiger partial charge in [0.05, 0.1) is 0 Å². The number of nitrogens with one attached hydrogen (secondary N) is 1. The van der Waals surface area contributed by atoms with Crippen molar-refractivity contribution >= 4 is 10.8 Å². The maximum absolute atomic E-state index is 5.71. The van der Waals surface area contributed by atoms with E-state index in [-0.39, 0.29) is 6.04 Å². The number of hydrogen-bond acceptors (Lipinski definition) is 3. The van der Waals surface area contributed by atoms with Crippen LogP contribution in [0.3, 0.4) is 0 Å². The van der Waals surface area contributed by atoms with Gasteiger partial charge in [-0.25, -0.2) is 0 Å². The zero-order chi connectivity index (χ0) is 12.8. The van der Waals surface area contributed by atoms with Crippen molar-refractivity contribution < 1.29 is 0 Å². The van der Waals surface area contributed by atoms with E-state index in [1.165, 1.54) is 35.6 Å². The van der Waals surface area contributed by atoms with Crippen LogP contribution < -0.4 is 11.3 Å². The highest BCUT2D eigenvalue weighted by molar-refractivity contribution is 5.85. The Balaban J connectivity index is 2.27. The molecule has 0 aliphatic heterocycles. The van der Waals surface area contributed by atoms with Gasteiger partial charge in [0.25, 0.3) is 0 Å². The number of pyridine rings is 1. The number of hydrogen-bond donors (Lipinski definition) is 2. The smallest absolute Gasteiger partial charge is 0.0466 e. The van der Waals surface area contributed by atoms with Crippen molar-refractivity contribution in [2.45, 2.75) is 38.6 Å². The van der Waals surface area contributed by atoms with E-state index >= 15 is 0 Å². The summed E-state index contributed by atoms with van der Waals surface area (Å²) in [4.78, 5) is 4.22. The Bertz CT molecular complexity index is 491. The maximum atomic E-state index is 5.71. The molecule has 0 aliphatic carbocycles. The molecule has 3 N–H and O–H groups in total. The Morgan fingerprint density at radius 1 is 1.28 bits per heavy atom. The first-order valence-corrected chi connectivity index (χ1v) is 6.65. The quantitative estimate of drug-likeness (QED) is 0.465. The SMILES string of the molecule is CCCCCC(NN)c1cccc2ccncc12. The molecule has 0 fully saturated rings. The van der Waals surface area contributed by atoms with Gasteiger partial charge in [-0.2, -0.15) is 0 Å². The Morgan fingerprint density at radius 2 is 2.17 bits per heavy atom. The number of benzene rings is 1. The molecule has 3 heteroatoms. The fraction of sp³-hybridized carbons (Fsp3) is 0.400. The largest absolute Gasteiger partial charge is 0.271 e. The first-order valence-electron chi connectivity index (χ1n) is 6.65. The van der Waals surface area contributed by atoms with E-state index in [9.17, 15) is 0 Å². The maximum Gasteiger partial charge on any atom is 0.0466 e. The van der Waals surface area contributed by atoms with Crippen molar-refractivity contribution in [3.8, 4) is 0 Å². The van der Waals surface area contributed by atoms with Crippen molar-refractivity contribution in [1.82, 2.24) is 10.4 Å². The van der Waals surface area contributed by atoms with Gasteiger partial charge in [0.2, 0.25) is 0 Å². The van der Waals surface area contributed by atoms with Crippen LogP contribution in [0.5, 0.6) is 0 Å². The van der Waals surface area contributed by atoms with Crippen LogP contribution in [-0.2, 0) is 0 Å². The van der Waals surface area contributed by atoms with Crippen molar-refractivity contribution in [2.75, 3.05) is 0 Å². The highest BCUT2D eigenvalue weighted by Crippen LogP contribution is 2.26. The van der Waals surface area contributed by atoms with E-state index in [1.807, 2.05) is 18.5 Å². The van der Waals surface area contributed by atoms with E-state index in [0.717, 1.165) is 6.42 Å². The van der Waals surface area contributed by atoms with Crippen LogP contribution in [0.2, 0.25) is 0 Å². The van der Waals surface area contributed by atoms with Crippen molar-refractivity contribution in [3.05, 3.63) is 42.2 Å². The zero-order valence-electron chi connectivity index (χ0n) is 10.9. The van der Waals surface area contributed by atoms with E-state index in [4.69, 9.17) is 5.84 Å². The molecule has 2 rings (SSSR count). The molecule has 0 saturated carbocycles. The lowest BCUT2D eigenvalue weighted by Crippen LogP contribution is -2.28. The van der Waals surface area contributed by atoms with Crippen LogP contribution >= 0.6 is 0 Å². The van der Waals surface area contributed by atoms with Gasteiger partial charge in [0.15, 0.2) is 0 Å². The molecular formula is C15H21N3. The van der Waals surface area contributed by atoms with Gasteiger partial charge < -0.3 is 0 Å². The Morgan fingerprint density at radius 3 is 2.94 bits per heavy atom. The molecule has 0 bridgehead atoms. The molecule has 1 unspecified atom stereocenters. The first kappa shape index (κ1) is 13.0. The van der Waals surface area contributed by atoms with Gasteiger partial charge in [-0.15, -0.1) is 0 Å². The normalized spacial score (nSPS) is 12.8. The molecule has 2 aromatic rings. The van der Waals surface area contributed by atoms with Gasteiger partial charge >= 0.3 is 0 Å². The van der Waals surface area contributed by atoms with E-state index in [0.29, 0.717) is 0 Å². The molecule has 1 atom stereocenters. The topological polar surface area (TPSA) is 50.9 Å². The van der Waals surface area contributed by atoms with Gasteiger partial charge in [-0.3, -0.25) is 16.3 Å². The molecule has 0 aliphatic rings. The highest BCUT2D eigenvalue weighted by Gasteiger charge is 2.12. The summed E-state index contributed by atoms with van der Waals surface area (Å²) in [6.45, 7) is 2.21. The third-order valence-corrected chi connectivity index (χ3v) is 3.39. The molecule has 3 nitrogen and oxygen atoms in total. The molecule has 0 radical (unpaired) electrons. The van der Waals surface area contributed by atoms with Crippen molar-refractivity contribution in [1.29, 1.82) is 0 Å². The molecule has 0 spiro atoms. The average Bonchev–Trinajstić information content (AvgIpc) is 2.43. The fourth-order valence-electron chi connectivity index (χ4n) is 2.37. The van der Waals surface area contributed by atoms with E-state index in [2.05, 4.69) is 35.5 Å². The number of rotatable bonds is 6. The second-order valence-electron chi connectivity index (χ2n) is 4.66. The van der Waals surface area contributed by atoms with Gasteiger partial charge in [0.1, 0.15) is 0 Å². The van der Waals surface area contributed by atoms with E-state index in [1.54, 1.807) is 0 Å². The van der Waals surface area contributed by atoms with Crippen molar-refractivity contribution in [2.24, 2.45) is 5.84 Å². The number of fused-ring (bicyclic) bond motifs is 1. The molecule has 96 valence electrons. The van der Waals surface area contributed by atoms with Crippen LogP contribution in [0.1, 0.15) is 44.2 Å². The Labute approximate surface area is 108 Å². The lowest BCUT2D eigenvalue weighted by Gasteiger charge is -2.18. The lowest BCUT2D eigenvalue weighted by atomic mass is 9.96. The van der Waals surface area contributed by atoms with Crippen LogP contribution in [0.25, 0.3) is 10.8 Å². The second-order valence-corrected chi connectivity index (χ2v) is 4.66. The van der Waals surface area contributed by atoms with Crippen molar-refractivity contribution in [3.63, 3.8) is 0 Å². The zero-order valence-corrected chi connectivity index (χ0v) is 10.9. The number of aromatic nitrogens is 1. The number of nitrogens with zero attached hydrogens (tertiary/aromatic N) is 1. The van der Waals surface area contributed by atoms with E-state index < -0.39 is 0 Å². The average molecular weight is 243 g/mol. The molecule has 1 aromatic heterocycles. The lowest BCUT2D eigenvalue weighted by molar-refractivity contribution is 0.489. The van der Waals surface area contributed by atoms with Crippen LogP contribution in [-0.4, -0.2) is 4.98 Å². The van der Waals surface area contributed by atoms with Crippen LogP contribution in [0, 0.1) is 0 Å². The fourth-order valence-corrected chi connectivity index (χ4v) is 2.37. The summed E-state index contributed by atoms with van der Waals surface area (Å²) in [6, 6.07) is 8.59. The summed E-state index contributed by atoms with van der Waals surface area (Å²) in [5.74, 6) is 5.71. The number of unbranched alkanes of at least 4 members (excludes halogenated alkanes) is 2. The minimum atomic E-state index is 0.212. The van der Waals surface area contributed by atoms with Gasteiger partial charge in [0, 0.05) is 23.8 Å². The molecular weight excluding hydrogens is 222 g/mol. The third-order valence-electron chi connectivity index (χ3n) is 3.39. The summed E-state index contributed by atoms with van der Waals surface area (Å²) < 4.78 is 0. The standard InChI is InChI=1S/C15H21N3/c1-2-3-4-8-15(18-16)13-7-5-6-12-9-10-17-11-14(12)13/h5-7,9-11,15,18H,2-4,8,16H2,1H3. The molecule has 0 saturated heterocycles. The summed E-state index contributed by atoms with van der Waals surface area (Å²) in [5, 5.41) is 2.41. The summed E-state index contributed by atoms with van der Waals surface area (Å²) >= 11 is 0. The molecule has 18 heavy (non-hydrogen) atoms.